The molecule has 4 heterocycles. The van der Waals surface area contributed by atoms with Crippen molar-refractivity contribution in [1.82, 2.24) is 24.6 Å². The standard InChI is InChI=1S/C23H32N6O3/c1-15-13-28-19(14-27(15)22(31)32-23(3,4)5)18(12-26-28)29-16(2)17(11-21(29)30)7-8-20-24-9-6-10-25-20/h6,9-10,12,15-17H,7-8,11,13-14H2,1-5H3/t15-,16-,17-/m0/s1. The van der Waals surface area contributed by atoms with Crippen molar-refractivity contribution in [3.8, 4) is 0 Å². The molecule has 9 nitrogen and oxygen atoms in total. The van der Waals surface area contributed by atoms with E-state index in [1.165, 1.54) is 0 Å². The van der Waals surface area contributed by atoms with Gasteiger partial charge in [0.25, 0.3) is 0 Å². The highest BCUT2D eigenvalue weighted by atomic mass is 16.6. The van der Waals surface area contributed by atoms with Crippen LogP contribution < -0.4 is 4.90 Å². The number of fused-ring (bicyclic) bond motifs is 1. The summed E-state index contributed by atoms with van der Waals surface area (Å²) >= 11 is 0. The van der Waals surface area contributed by atoms with Crippen LogP contribution in [-0.4, -0.2) is 54.3 Å². The zero-order chi connectivity index (χ0) is 23.0. The summed E-state index contributed by atoms with van der Waals surface area (Å²) in [5.41, 5.74) is 1.11. The molecule has 0 N–H and O–H groups in total. The predicted molar refractivity (Wildman–Crippen MR) is 119 cm³/mol. The fourth-order valence-electron chi connectivity index (χ4n) is 4.55. The quantitative estimate of drug-likeness (QED) is 0.725. The van der Waals surface area contributed by atoms with Crippen molar-refractivity contribution < 1.29 is 14.3 Å². The number of carbonyl (C=O) groups excluding carboxylic acids is 2. The van der Waals surface area contributed by atoms with Gasteiger partial charge in [-0.05, 0) is 53.0 Å². The lowest BCUT2D eigenvalue weighted by Gasteiger charge is -2.36. The van der Waals surface area contributed by atoms with E-state index in [1.54, 1.807) is 29.6 Å². The SMILES string of the molecule is C[C@H]1Cn2ncc(N3C(=O)C[C@H](CCc4ncccn4)[C@@H]3C)c2CN1C(=O)OC(C)(C)C. The van der Waals surface area contributed by atoms with Gasteiger partial charge >= 0.3 is 6.09 Å². The van der Waals surface area contributed by atoms with Gasteiger partial charge in [-0.3, -0.25) is 14.4 Å². The third-order valence-corrected chi connectivity index (χ3v) is 6.26. The number of ether oxygens (including phenoxy) is 1. The van der Waals surface area contributed by atoms with Gasteiger partial charge in [0.1, 0.15) is 11.4 Å². The third-order valence-electron chi connectivity index (χ3n) is 6.26. The first-order valence-electron chi connectivity index (χ1n) is 11.3. The molecule has 2 aliphatic rings. The summed E-state index contributed by atoms with van der Waals surface area (Å²) in [7, 11) is 0. The van der Waals surface area contributed by atoms with Crippen molar-refractivity contribution in [2.75, 3.05) is 4.90 Å². The van der Waals surface area contributed by atoms with Gasteiger partial charge in [0.15, 0.2) is 0 Å². The van der Waals surface area contributed by atoms with Crippen LogP contribution in [0.25, 0.3) is 0 Å². The average Bonchev–Trinajstić information content (AvgIpc) is 3.24. The first-order valence-corrected chi connectivity index (χ1v) is 11.3. The minimum Gasteiger partial charge on any atom is -0.444 e. The Kier molecular flexibility index (Phi) is 5.92. The molecule has 0 spiro atoms. The van der Waals surface area contributed by atoms with Gasteiger partial charge in [0.2, 0.25) is 5.91 Å². The molecule has 172 valence electrons. The van der Waals surface area contributed by atoms with Crippen molar-refractivity contribution in [3.63, 3.8) is 0 Å². The van der Waals surface area contributed by atoms with Crippen molar-refractivity contribution in [1.29, 1.82) is 0 Å². The molecule has 0 saturated carbocycles. The van der Waals surface area contributed by atoms with Gasteiger partial charge < -0.3 is 9.64 Å². The van der Waals surface area contributed by atoms with Gasteiger partial charge in [0.05, 0.1) is 36.7 Å². The Bertz CT molecular complexity index is 983. The van der Waals surface area contributed by atoms with E-state index in [1.807, 2.05) is 37.3 Å². The first kappa shape index (κ1) is 22.2. The Morgan fingerprint density at radius 3 is 2.62 bits per heavy atom. The highest BCUT2D eigenvalue weighted by Gasteiger charge is 2.41. The highest BCUT2D eigenvalue weighted by Crippen LogP contribution is 2.37. The molecule has 4 rings (SSSR count). The molecule has 0 aromatic carbocycles. The monoisotopic (exact) mass is 440 g/mol. The van der Waals surface area contributed by atoms with Crippen LogP contribution >= 0.6 is 0 Å². The average molecular weight is 441 g/mol. The van der Waals surface area contributed by atoms with E-state index in [0.29, 0.717) is 19.5 Å². The zero-order valence-corrected chi connectivity index (χ0v) is 19.5. The number of rotatable bonds is 4. The number of carbonyl (C=O) groups is 2. The van der Waals surface area contributed by atoms with Crippen LogP contribution in [0.4, 0.5) is 10.5 Å². The van der Waals surface area contributed by atoms with Crippen LogP contribution in [0.3, 0.4) is 0 Å². The lowest BCUT2D eigenvalue weighted by molar-refractivity contribution is -0.117. The lowest BCUT2D eigenvalue weighted by Crippen LogP contribution is -2.47. The molecule has 0 unspecified atom stereocenters. The summed E-state index contributed by atoms with van der Waals surface area (Å²) in [5, 5.41) is 4.53. The molecule has 2 amide bonds. The largest absolute Gasteiger partial charge is 0.444 e. The molecule has 2 aromatic heterocycles. The number of hydrogen-bond acceptors (Lipinski definition) is 6. The van der Waals surface area contributed by atoms with Crippen LogP contribution in [-0.2, 0) is 29.0 Å². The second-order valence-corrected chi connectivity index (χ2v) is 9.79. The van der Waals surface area contributed by atoms with Crippen LogP contribution in [0.2, 0.25) is 0 Å². The van der Waals surface area contributed by atoms with Crippen LogP contribution in [0.1, 0.15) is 59.0 Å². The second-order valence-electron chi connectivity index (χ2n) is 9.79. The van der Waals surface area contributed by atoms with E-state index in [9.17, 15) is 9.59 Å². The van der Waals surface area contributed by atoms with Crippen molar-refractivity contribution in [3.05, 3.63) is 36.2 Å². The van der Waals surface area contributed by atoms with E-state index in [4.69, 9.17) is 4.74 Å². The summed E-state index contributed by atoms with van der Waals surface area (Å²) in [6.07, 6.45) is 6.99. The number of nitrogens with zero attached hydrogens (tertiary/aromatic N) is 6. The minimum absolute atomic E-state index is 0.0365. The summed E-state index contributed by atoms with van der Waals surface area (Å²) in [4.78, 5) is 38.0. The number of anilines is 1. The lowest BCUT2D eigenvalue weighted by atomic mass is 9.95. The fourth-order valence-corrected chi connectivity index (χ4v) is 4.55. The van der Waals surface area contributed by atoms with Crippen LogP contribution in [0, 0.1) is 5.92 Å². The van der Waals surface area contributed by atoms with Gasteiger partial charge in [-0.2, -0.15) is 5.10 Å². The van der Waals surface area contributed by atoms with Crippen LogP contribution in [0.15, 0.2) is 24.7 Å². The summed E-state index contributed by atoms with van der Waals surface area (Å²) < 4.78 is 7.51. The van der Waals surface area contributed by atoms with E-state index < -0.39 is 5.60 Å². The third kappa shape index (κ3) is 4.47. The van der Waals surface area contributed by atoms with Gasteiger partial charge in [-0.25, -0.2) is 14.8 Å². The number of aromatic nitrogens is 4. The molecular formula is C23H32N6O3. The highest BCUT2D eigenvalue weighted by molar-refractivity contribution is 5.97. The van der Waals surface area contributed by atoms with Crippen molar-refractivity contribution >= 4 is 17.7 Å². The minimum atomic E-state index is -0.563. The van der Waals surface area contributed by atoms with E-state index in [2.05, 4.69) is 22.0 Å². The molecule has 2 aliphatic heterocycles. The van der Waals surface area contributed by atoms with E-state index in [-0.39, 0.29) is 30.0 Å². The molecule has 0 radical (unpaired) electrons. The Labute approximate surface area is 188 Å². The topological polar surface area (TPSA) is 93.5 Å². The second kappa shape index (κ2) is 8.52. The first-order chi connectivity index (χ1) is 15.1. The zero-order valence-electron chi connectivity index (χ0n) is 19.5. The van der Waals surface area contributed by atoms with E-state index >= 15 is 0 Å². The molecule has 1 fully saturated rings. The Morgan fingerprint density at radius 2 is 1.94 bits per heavy atom. The maximum absolute atomic E-state index is 13.0. The number of hydrogen-bond donors (Lipinski definition) is 0. The molecule has 9 heteroatoms. The Balaban J connectivity index is 1.50. The van der Waals surface area contributed by atoms with Gasteiger partial charge in [0, 0.05) is 31.3 Å². The fraction of sp³-hybridized carbons (Fsp3) is 0.609. The molecule has 3 atom stereocenters. The van der Waals surface area contributed by atoms with Crippen molar-refractivity contribution in [2.24, 2.45) is 5.92 Å². The number of aryl methyl sites for hydroxylation is 1. The molecule has 32 heavy (non-hydrogen) atoms. The summed E-state index contributed by atoms with van der Waals surface area (Å²) in [6.45, 7) is 10.6. The molecular weight excluding hydrogens is 408 g/mol. The summed E-state index contributed by atoms with van der Waals surface area (Å²) in [5.74, 6) is 1.11. The molecule has 2 aromatic rings. The maximum atomic E-state index is 13.0. The molecule has 1 saturated heterocycles. The normalized spacial score (nSPS) is 23.4. The number of amides is 2. The Morgan fingerprint density at radius 1 is 1.22 bits per heavy atom. The van der Waals surface area contributed by atoms with Gasteiger partial charge in [-0.1, -0.05) is 0 Å². The van der Waals surface area contributed by atoms with E-state index in [0.717, 1.165) is 30.0 Å². The maximum Gasteiger partial charge on any atom is 0.410 e. The predicted octanol–water partition coefficient (Wildman–Crippen LogP) is 3.19. The molecule has 0 bridgehead atoms. The summed E-state index contributed by atoms with van der Waals surface area (Å²) in [6, 6.07) is 1.79. The van der Waals surface area contributed by atoms with Gasteiger partial charge in [-0.15, -0.1) is 0 Å². The Hall–Kier alpha value is -2.97. The van der Waals surface area contributed by atoms with Crippen LogP contribution in [0.5, 0.6) is 0 Å². The van der Waals surface area contributed by atoms with Crippen molar-refractivity contribution in [2.45, 2.75) is 84.7 Å². The smallest absolute Gasteiger partial charge is 0.410 e. The molecule has 0 aliphatic carbocycles.